The minimum atomic E-state index is -0.954. The lowest BCUT2D eigenvalue weighted by Crippen LogP contribution is -1.97. The average Bonchev–Trinajstić information content (AvgIpc) is 3.18. The third-order valence-corrected chi connectivity index (χ3v) is 4.57. The van der Waals surface area contributed by atoms with Crippen LogP contribution in [0, 0.1) is 6.92 Å². The first-order chi connectivity index (χ1) is 12.1. The molecule has 0 fully saturated rings. The number of benzene rings is 1. The van der Waals surface area contributed by atoms with Gasteiger partial charge in [0.2, 0.25) is 0 Å². The summed E-state index contributed by atoms with van der Waals surface area (Å²) in [7, 11) is 0. The molecule has 0 aliphatic rings. The quantitative estimate of drug-likeness (QED) is 0.486. The minimum absolute atomic E-state index is 0. The first kappa shape index (κ1) is 18.1. The van der Waals surface area contributed by atoms with Crippen molar-refractivity contribution in [3.05, 3.63) is 65.3 Å². The molecule has 2 N–H and O–H groups in total. The molecule has 0 aliphatic carbocycles. The summed E-state index contributed by atoms with van der Waals surface area (Å²) in [5.41, 5.74) is 4.51. The fraction of sp³-hybridized carbons (Fsp3) is 0.0556. The summed E-state index contributed by atoms with van der Waals surface area (Å²) in [5.74, 6) is -0.954. The molecule has 0 saturated heterocycles. The van der Waals surface area contributed by atoms with Gasteiger partial charge in [-0.2, -0.15) is 0 Å². The molecular weight excluding hydrogens is 416 g/mol. The Kier molecular flexibility index (Phi) is 5.06. The number of aromatic carboxylic acids is 1. The lowest BCUT2D eigenvalue weighted by molar-refractivity contribution is 0.0697. The maximum absolute atomic E-state index is 11.1. The normalized spacial score (nSPS) is 10.5. The number of aryl methyl sites for hydroxylation is 1. The summed E-state index contributed by atoms with van der Waals surface area (Å²) < 4.78 is 2.01. The predicted molar refractivity (Wildman–Crippen MR) is 108 cm³/mol. The van der Waals surface area contributed by atoms with Crippen LogP contribution in [0.3, 0.4) is 0 Å². The summed E-state index contributed by atoms with van der Waals surface area (Å²) in [6, 6.07) is 12.5. The van der Waals surface area contributed by atoms with E-state index in [9.17, 15) is 4.79 Å². The van der Waals surface area contributed by atoms with Gasteiger partial charge in [-0.25, -0.2) is 14.8 Å². The van der Waals surface area contributed by atoms with E-state index in [0.29, 0.717) is 10.8 Å². The molecule has 3 aromatic heterocycles. The number of aromatic nitrogens is 3. The van der Waals surface area contributed by atoms with Crippen molar-refractivity contribution < 1.29 is 9.90 Å². The highest BCUT2D eigenvalue weighted by Crippen LogP contribution is 2.29. The zero-order chi connectivity index (χ0) is 17.4. The summed E-state index contributed by atoms with van der Waals surface area (Å²) in [5, 5.41) is 14.9. The van der Waals surface area contributed by atoms with E-state index in [-0.39, 0.29) is 22.5 Å². The van der Waals surface area contributed by atoms with Crippen molar-refractivity contribution in [2.24, 2.45) is 0 Å². The van der Waals surface area contributed by atoms with Gasteiger partial charge in [-0.15, -0.1) is 28.3 Å². The van der Waals surface area contributed by atoms with Crippen molar-refractivity contribution in [2.75, 3.05) is 5.32 Å². The van der Waals surface area contributed by atoms with Crippen LogP contribution in [0.25, 0.3) is 17.0 Å². The molecule has 0 amide bonds. The number of carbonyl (C=O) groups is 1. The molecule has 0 unspecified atom stereocenters. The first-order valence-electron chi connectivity index (χ1n) is 7.62. The number of nitrogens with one attached hydrogen (secondary N) is 1. The number of carboxylic acid groups (broad SMARTS) is 1. The lowest BCUT2D eigenvalue weighted by atomic mass is 10.2. The van der Waals surface area contributed by atoms with E-state index in [0.717, 1.165) is 22.7 Å². The fourth-order valence-corrected chi connectivity index (χ4v) is 3.43. The van der Waals surface area contributed by atoms with Crippen LogP contribution < -0.4 is 5.32 Å². The van der Waals surface area contributed by atoms with Crippen LogP contribution in [0.4, 0.5) is 10.8 Å². The van der Waals surface area contributed by atoms with E-state index < -0.39 is 5.97 Å². The van der Waals surface area contributed by atoms with Crippen LogP contribution in [0.1, 0.15) is 16.1 Å². The number of fused-ring (bicyclic) bond motifs is 1. The zero-order valence-corrected chi connectivity index (χ0v) is 16.2. The summed E-state index contributed by atoms with van der Waals surface area (Å²) >= 11 is 1.46. The molecule has 4 aromatic rings. The van der Waals surface area contributed by atoms with Gasteiger partial charge in [0.1, 0.15) is 11.3 Å². The third-order valence-electron chi connectivity index (χ3n) is 3.81. The third kappa shape index (κ3) is 3.33. The second kappa shape index (κ2) is 7.27. The second-order valence-corrected chi connectivity index (χ2v) is 6.38. The molecule has 1 aromatic carbocycles. The van der Waals surface area contributed by atoms with E-state index in [4.69, 9.17) is 5.11 Å². The topological polar surface area (TPSA) is 79.5 Å². The number of hydrogen-bond acceptors (Lipinski definition) is 5. The molecule has 3 heterocycles. The molecule has 8 heteroatoms. The van der Waals surface area contributed by atoms with E-state index >= 15 is 0 Å². The Morgan fingerprint density at radius 3 is 2.85 bits per heavy atom. The number of carboxylic acids is 1. The van der Waals surface area contributed by atoms with Crippen LogP contribution in [0.5, 0.6) is 0 Å². The van der Waals surface area contributed by atoms with Crippen LogP contribution in [-0.2, 0) is 0 Å². The minimum Gasteiger partial charge on any atom is -0.478 e. The Bertz CT molecular complexity index is 1090. The van der Waals surface area contributed by atoms with Gasteiger partial charge in [0.05, 0.1) is 17.0 Å². The van der Waals surface area contributed by atoms with Crippen molar-refractivity contribution in [1.82, 2.24) is 14.4 Å². The molecule has 6 nitrogen and oxygen atoms in total. The Labute approximate surface area is 163 Å². The van der Waals surface area contributed by atoms with Crippen molar-refractivity contribution in [3.63, 3.8) is 0 Å². The standard InChI is InChI=1S/C18H14N4O2S.BrH/c1-11-16(22-8-3-2-7-15(22)19-11)14-10-25-18(21-14)20-13-6-4-5-12(9-13)17(23)24;/h2-10H,1H3,(H,20,21)(H,23,24);1H. The number of halogens is 1. The number of thiazole rings is 1. The van der Waals surface area contributed by atoms with Crippen molar-refractivity contribution in [2.45, 2.75) is 6.92 Å². The van der Waals surface area contributed by atoms with Crippen molar-refractivity contribution in [1.29, 1.82) is 0 Å². The number of rotatable bonds is 4. The Balaban J connectivity index is 0.00000196. The highest BCUT2D eigenvalue weighted by Gasteiger charge is 2.14. The molecule has 0 radical (unpaired) electrons. The number of anilines is 2. The second-order valence-electron chi connectivity index (χ2n) is 5.52. The molecule has 0 atom stereocenters. The van der Waals surface area contributed by atoms with Crippen LogP contribution in [0.2, 0.25) is 0 Å². The summed E-state index contributed by atoms with van der Waals surface area (Å²) in [4.78, 5) is 20.3. The SMILES string of the molecule is Br.Cc1nc2ccccn2c1-c1csc(Nc2cccc(C(=O)O)c2)n1. The number of nitrogens with zero attached hydrogens (tertiary/aromatic N) is 3. The molecule has 4 rings (SSSR count). The monoisotopic (exact) mass is 430 g/mol. The van der Waals surface area contributed by atoms with Gasteiger partial charge in [0.15, 0.2) is 5.13 Å². The Hall–Kier alpha value is -2.71. The van der Waals surface area contributed by atoms with E-state index in [1.54, 1.807) is 18.2 Å². The number of hydrogen-bond donors (Lipinski definition) is 2. The van der Waals surface area contributed by atoms with Gasteiger partial charge in [-0.3, -0.25) is 4.40 Å². The fourth-order valence-electron chi connectivity index (χ4n) is 2.72. The molecule has 26 heavy (non-hydrogen) atoms. The van der Waals surface area contributed by atoms with Crippen LogP contribution in [-0.4, -0.2) is 25.4 Å². The van der Waals surface area contributed by atoms with Gasteiger partial charge in [0.25, 0.3) is 0 Å². The maximum atomic E-state index is 11.1. The van der Waals surface area contributed by atoms with Crippen LogP contribution in [0.15, 0.2) is 54.0 Å². The zero-order valence-electron chi connectivity index (χ0n) is 13.7. The lowest BCUT2D eigenvalue weighted by Gasteiger charge is -2.03. The Morgan fingerprint density at radius 2 is 2.04 bits per heavy atom. The maximum Gasteiger partial charge on any atom is 0.335 e. The number of imidazole rings is 1. The largest absolute Gasteiger partial charge is 0.478 e. The van der Waals surface area contributed by atoms with Gasteiger partial charge in [-0.1, -0.05) is 12.1 Å². The van der Waals surface area contributed by atoms with Crippen LogP contribution >= 0.6 is 28.3 Å². The molecule has 0 bridgehead atoms. The predicted octanol–water partition coefficient (Wildman–Crippen LogP) is 4.79. The average molecular weight is 431 g/mol. The summed E-state index contributed by atoms with van der Waals surface area (Å²) in [6.07, 6.45) is 1.97. The van der Waals surface area contributed by atoms with Gasteiger partial charge in [-0.05, 0) is 37.3 Å². The molecule has 132 valence electrons. The highest BCUT2D eigenvalue weighted by molar-refractivity contribution is 8.93. The highest BCUT2D eigenvalue weighted by atomic mass is 79.9. The van der Waals surface area contributed by atoms with Gasteiger partial charge in [0, 0.05) is 17.3 Å². The van der Waals surface area contributed by atoms with Crippen molar-refractivity contribution in [3.8, 4) is 11.4 Å². The van der Waals surface area contributed by atoms with E-state index in [2.05, 4.69) is 15.3 Å². The molecular formula is C18H15BrN4O2S. The Morgan fingerprint density at radius 1 is 1.19 bits per heavy atom. The smallest absolute Gasteiger partial charge is 0.335 e. The molecule has 0 aliphatic heterocycles. The van der Waals surface area contributed by atoms with Crippen molar-refractivity contribution >= 4 is 50.8 Å². The number of pyridine rings is 1. The molecule has 0 spiro atoms. The van der Waals surface area contributed by atoms with Gasteiger partial charge >= 0.3 is 5.97 Å². The van der Waals surface area contributed by atoms with Gasteiger partial charge < -0.3 is 10.4 Å². The molecule has 0 saturated carbocycles. The first-order valence-corrected chi connectivity index (χ1v) is 8.50. The van der Waals surface area contributed by atoms with E-state index in [1.165, 1.54) is 11.3 Å². The summed E-state index contributed by atoms with van der Waals surface area (Å²) in [6.45, 7) is 1.96. The van der Waals surface area contributed by atoms with E-state index in [1.807, 2.05) is 47.2 Å².